The molecule has 0 saturated heterocycles. The summed E-state index contributed by atoms with van der Waals surface area (Å²) in [7, 11) is 0. The van der Waals surface area contributed by atoms with Gasteiger partial charge in [0.25, 0.3) is 0 Å². The molecule has 0 aliphatic heterocycles. The summed E-state index contributed by atoms with van der Waals surface area (Å²) >= 11 is 0. The average molecular weight is 187 g/mol. The summed E-state index contributed by atoms with van der Waals surface area (Å²) in [6.45, 7) is 0. The number of H-pyrrole nitrogens is 1. The Labute approximate surface area is 83.0 Å². The van der Waals surface area contributed by atoms with Gasteiger partial charge in [-0.05, 0) is 12.0 Å². The average Bonchev–Trinajstić information content (AvgIpc) is 2.72. The molecule has 0 unspecified atom stereocenters. The summed E-state index contributed by atoms with van der Waals surface area (Å²) in [5.74, 6) is 0. The smallest absolute Gasteiger partial charge is 0.0922 e. The molecule has 0 fully saturated rings. The second kappa shape index (κ2) is 4.07. The monoisotopic (exact) mass is 187 g/mol. The number of imidazole rings is 1. The van der Waals surface area contributed by atoms with Crippen molar-refractivity contribution in [3.05, 3.63) is 54.1 Å². The molecule has 2 rings (SSSR count). The lowest BCUT2D eigenvalue weighted by Crippen LogP contribution is -2.13. The first kappa shape index (κ1) is 8.97. The Morgan fingerprint density at radius 2 is 2.07 bits per heavy atom. The summed E-state index contributed by atoms with van der Waals surface area (Å²) < 4.78 is 0. The van der Waals surface area contributed by atoms with E-state index in [0.717, 1.165) is 12.1 Å². The van der Waals surface area contributed by atoms with Crippen LogP contribution in [0.5, 0.6) is 0 Å². The minimum Gasteiger partial charge on any atom is -0.347 e. The predicted octanol–water partition coefficient (Wildman–Crippen LogP) is 1.65. The Kier molecular flexibility index (Phi) is 2.60. The lowest BCUT2D eigenvalue weighted by molar-refractivity contribution is 0.701. The topological polar surface area (TPSA) is 54.7 Å². The zero-order valence-corrected chi connectivity index (χ0v) is 7.85. The summed E-state index contributed by atoms with van der Waals surface area (Å²) in [4.78, 5) is 6.97. The van der Waals surface area contributed by atoms with Gasteiger partial charge < -0.3 is 10.7 Å². The molecule has 1 heterocycles. The Morgan fingerprint density at radius 1 is 1.29 bits per heavy atom. The zero-order chi connectivity index (χ0) is 9.80. The third-order valence-electron chi connectivity index (χ3n) is 2.22. The fraction of sp³-hybridized carbons (Fsp3) is 0.182. The third-order valence-corrected chi connectivity index (χ3v) is 2.22. The fourth-order valence-corrected chi connectivity index (χ4v) is 1.45. The third kappa shape index (κ3) is 2.00. The first-order valence-corrected chi connectivity index (χ1v) is 4.64. The number of nitrogens with one attached hydrogen (secondary N) is 1. The van der Waals surface area contributed by atoms with E-state index in [2.05, 4.69) is 22.1 Å². The van der Waals surface area contributed by atoms with Crippen LogP contribution in [0.2, 0.25) is 0 Å². The quantitative estimate of drug-likeness (QED) is 0.767. The van der Waals surface area contributed by atoms with E-state index in [0.29, 0.717) is 0 Å². The minimum absolute atomic E-state index is 0.0000926. The normalized spacial score (nSPS) is 12.6. The van der Waals surface area contributed by atoms with Crippen LogP contribution in [0.4, 0.5) is 0 Å². The van der Waals surface area contributed by atoms with Gasteiger partial charge in [-0.15, -0.1) is 0 Å². The number of aromatic nitrogens is 2. The molecule has 3 heteroatoms. The Bertz CT molecular complexity index is 367. The van der Waals surface area contributed by atoms with Crippen molar-refractivity contribution in [1.29, 1.82) is 0 Å². The highest BCUT2D eigenvalue weighted by Gasteiger charge is 2.07. The van der Waals surface area contributed by atoms with E-state index in [-0.39, 0.29) is 6.04 Å². The van der Waals surface area contributed by atoms with Crippen molar-refractivity contribution in [3.63, 3.8) is 0 Å². The van der Waals surface area contributed by atoms with Crippen LogP contribution in [0.25, 0.3) is 0 Å². The molecule has 0 bridgehead atoms. The summed E-state index contributed by atoms with van der Waals surface area (Å²) in [6, 6.07) is 10.2. The molecule has 0 aliphatic rings. The van der Waals surface area contributed by atoms with Crippen LogP contribution in [-0.2, 0) is 6.42 Å². The SMILES string of the molecule is N[C@H](Cc1ccccc1)c1cnc[nH]1. The minimum atomic E-state index is -0.0000926. The number of hydrogen-bond acceptors (Lipinski definition) is 2. The maximum absolute atomic E-state index is 6.00. The van der Waals surface area contributed by atoms with Crippen LogP contribution in [0, 0.1) is 0 Å². The van der Waals surface area contributed by atoms with Gasteiger partial charge >= 0.3 is 0 Å². The molecule has 14 heavy (non-hydrogen) atoms. The molecule has 1 aromatic carbocycles. The van der Waals surface area contributed by atoms with Gasteiger partial charge in [-0.25, -0.2) is 4.98 Å². The van der Waals surface area contributed by atoms with Crippen LogP contribution >= 0.6 is 0 Å². The van der Waals surface area contributed by atoms with Gasteiger partial charge in [-0.1, -0.05) is 30.3 Å². The molecule has 0 radical (unpaired) electrons. The van der Waals surface area contributed by atoms with Gasteiger partial charge in [0.2, 0.25) is 0 Å². The number of hydrogen-bond donors (Lipinski definition) is 2. The van der Waals surface area contributed by atoms with Crippen molar-refractivity contribution < 1.29 is 0 Å². The van der Waals surface area contributed by atoms with Crippen molar-refractivity contribution >= 4 is 0 Å². The lowest BCUT2D eigenvalue weighted by atomic mass is 10.1. The molecule has 0 amide bonds. The molecule has 0 spiro atoms. The molecule has 0 saturated carbocycles. The molecule has 72 valence electrons. The van der Waals surface area contributed by atoms with Crippen LogP contribution in [0.1, 0.15) is 17.3 Å². The van der Waals surface area contributed by atoms with Gasteiger partial charge in [0.05, 0.1) is 18.1 Å². The fourth-order valence-electron chi connectivity index (χ4n) is 1.45. The van der Waals surface area contributed by atoms with Crippen molar-refractivity contribution in [1.82, 2.24) is 9.97 Å². The largest absolute Gasteiger partial charge is 0.347 e. The van der Waals surface area contributed by atoms with E-state index in [9.17, 15) is 0 Å². The van der Waals surface area contributed by atoms with Crippen LogP contribution in [-0.4, -0.2) is 9.97 Å². The molecule has 0 aliphatic carbocycles. The second-order valence-corrected chi connectivity index (χ2v) is 3.30. The number of benzene rings is 1. The van der Waals surface area contributed by atoms with Crippen molar-refractivity contribution in [2.24, 2.45) is 5.73 Å². The van der Waals surface area contributed by atoms with E-state index in [1.165, 1.54) is 5.56 Å². The standard InChI is InChI=1S/C11H13N3/c12-10(11-7-13-8-14-11)6-9-4-2-1-3-5-9/h1-5,7-8,10H,6,12H2,(H,13,14)/t10-/m1/s1. The molecule has 3 nitrogen and oxygen atoms in total. The number of aromatic amines is 1. The highest BCUT2D eigenvalue weighted by atomic mass is 14.9. The molecule has 1 atom stereocenters. The van der Waals surface area contributed by atoms with Crippen LogP contribution < -0.4 is 5.73 Å². The lowest BCUT2D eigenvalue weighted by Gasteiger charge is -2.08. The number of nitrogens with zero attached hydrogens (tertiary/aromatic N) is 1. The second-order valence-electron chi connectivity index (χ2n) is 3.30. The molecular weight excluding hydrogens is 174 g/mol. The Balaban J connectivity index is 2.06. The molecule has 3 N–H and O–H groups in total. The van der Waals surface area contributed by atoms with Gasteiger partial charge in [-0.2, -0.15) is 0 Å². The van der Waals surface area contributed by atoms with E-state index < -0.39 is 0 Å². The molecule has 2 aromatic rings. The highest BCUT2D eigenvalue weighted by Crippen LogP contribution is 2.12. The van der Waals surface area contributed by atoms with E-state index in [1.807, 2.05) is 18.2 Å². The van der Waals surface area contributed by atoms with Gasteiger partial charge in [-0.3, -0.25) is 0 Å². The van der Waals surface area contributed by atoms with E-state index in [4.69, 9.17) is 5.73 Å². The maximum atomic E-state index is 6.00. The summed E-state index contributed by atoms with van der Waals surface area (Å²) in [5.41, 5.74) is 8.23. The first-order valence-electron chi connectivity index (χ1n) is 4.64. The van der Waals surface area contributed by atoms with Crippen molar-refractivity contribution in [3.8, 4) is 0 Å². The van der Waals surface area contributed by atoms with Crippen molar-refractivity contribution in [2.45, 2.75) is 12.5 Å². The van der Waals surface area contributed by atoms with E-state index in [1.54, 1.807) is 12.5 Å². The molecule has 1 aromatic heterocycles. The highest BCUT2D eigenvalue weighted by molar-refractivity contribution is 5.18. The summed E-state index contributed by atoms with van der Waals surface area (Å²) in [5, 5.41) is 0. The number of nitrogens with two attached hydrogens (primary N) is 1. The Morgan fingerprint density at radius 3 is 2.71 bits per heavy atom. The summed E-state index contributed by atoms with van der Waals surface area (Å²) in [6.07, 6.45) is 4.26. The predicted molar refractivity (Wildman–Crippen MR) is 55.7 cm³/mol. The van der Waals surface area contributed by atoms with Gasteiger partial charge in [0.1, 0.15) is 0 Å². The van der Waals surface area contributed by atoms with Crippen LogP contribution in [0.3, 0.4) is 0 Å². The Hall–Kier alpha value is -1.61. The maximum Gasteiger partial charge on any atom is 0.0922 e. The van der Waals surface area contributed by atoms with Gasteiger partial charge in [0.15, 0.2) is 0 Å². The molecular formula is C11H13N3. The van der Waals surface area contributed by atoms with Crippen molar-refractivity contribution in [2.75, 3.05) is 0 Å². The van der Waals surface area contributed by atoms with E-state index >= 15 is 0 Å². The first-order chi connectivity index (χ1) is 6.86. The zero-order valence-electron chi connectivity index (χ0n) is 7.85. The van der Waals surface area contributed by atoms with Gasteiger partial charge in [0, 0.05) is 6.20 Å². The number of rotatable bonds is 3. The van der Waals surface area contributed by atoms with Crippen LogP contribution in [0.15, 0.2) is 42.9 Å².